The van der Waals surface area contributed by atoms with Crippen molar-refractivity contribution in [2.75, 3.05) is 39.8 Å². The second-order valence-electron chi connectivity index (χ2n) is 9.06. The molecule has 7 nitrogen and oxygen atoms in total. The number of rotatable bonds is 9. The van der Waals surface area contributed by atoms with Crippen molar-refractivity contribution in [2.45, 2.75) is 73.0 Å². The van der Waals surface area contributed by atoms with Gasteiger partial charge in [-0.2, -0.15) is 0 Å². The lowest BCUT2D eigenvalue weighted by Gasteiger charge is -2.32. The number of hydrogen-bond acceptors (Lipinski definition) is 5. The van der Waals surface area contributed by atoms with Gasteiger partial charge < -0.3 is 24.6 Å². The lowest BCUT2D eigenvalue weighted by molar-refractivity contribution is 0.0158. The molecule has 1 unspecified atom stereocenters. The van der Waals surface area contributed by atoms with Crippen molar-refractivity contribution in [3.63, 3.8) is 0 Å². The Hall–Kier alpha value is -1.50. The summed E-state index contributed by atoms with van der Waals surface area (Å²) >= 11 is 0. The molecular weight excluding hydrogens is 346 g/mol. The third-order valence-corrected chi connectivity index (χ3v) is 3.49. The summed E-state index contributed by atoms with van der Waals surface area (Å²) in [4.78, 5) is 28.4. The van der Waals surface area contributed by atoms with E-state index in [9.17, 15) is 9.59 Å². The van der Waals surface area contributed by atoms with E-state index in [0.717, 1.165) is 6.42 Å². The molecule has 0 aliphatic carbocycles. The van der Waals surface area contributed by atoms with E-state index in [4.69, 9.17) is 9.47 Å². The molecule has 0 heterocycles. The SMILES string of the molecule is CCCN(CC(C)CN(CCNC)C(=O)OC(C)(C)C)C(=O)OC(C)(C)C. The van der Waals surface area contributed by atoms with Crippen LogP contribution in [-0.2, 0) is 9.47 Å². The molecule has 1 N–H and O–H groups in total. The molecule has 0 bridgehead atoms. The van der Waals surface area contributed by atoms with E-state index in [1.807, 2.05) is 62.4 Å². The number of nitrogens with zero attached hydrogens (tertiary/aromatic N) is 2. The monoisotopic (exact) mass is 387 g/mol. The summed E-state index contributed by atoms with van der Waals surface area (Å²) in [7, 11) is 1.85. The summed E-state index contributed by atoms with van der Waals surface area (Å²) in [6.45, 7) is 18.1. The molecule has 0 aliphatic heterocycles. The maximum absolute atomic E-state index is 12.5. The minimum atomic E-state index is -0.539. The van der Waals surface area contributed by atoms with Gasteiger partial charge in [0, 0.05) is 32.7 Å². The Morgan fingerprint density at radius 2 is 1.30 bits per heavy atom. The van der Waals surface area contributed by atoms with Crippen LogP contribution in [0.4, 0.5) is 9.59 Å². The van der Waals surface area contributed by atoms with Crippen LogP contribution in [0.5, 0.6) is 0 Å². The third kappa shape index (κ3) is 12.5. The Kier molecular flexibility index (Phi) is 10.7. The Morgan fingerprint density at radius 1 is 0.889 bits per heavy atom. The van der Waals surface area contributed by atoms with Gasteiger partial charge in [-0.3, -0.25) is 0 Å². The van der Waals surface area contributed by atoms with Crippen molar-refractivity contribution in [3.05, 3.63) is 0 Å². The van der Waals surface area contributed by atoms with Crippen molar-refractivity contribution in [1.29, 1.82) is 0 Å². The lowest BCUT2D eigenvalue weighted by Crippen LogP contribution is -2.45. The van der Waals surface area contributed by atoms with Gasteiger partial charge in [0.25, 0.3) is 0 Å². The molecule has 0 aromatic heterocycles. The molecule has 0 aliphatic rings. The predicted octanol–water partition coefficient (Wildman–Crippen LogP) is 3.73. The van der Waals surface area contributed by atoms with E-state index in [2.05, 4.69) is 5.32 Å². The number of hydrogen-bond donors (Lipinski definition) is 1. The van der Waals surface area contributed by atoms with Crippen LogP contribution in [0.3, 0.4) is 0 Å². The third-order valence-electron chi connectivity index (χ3n) is 3.49. The fourth-order valence-electron chi connectivity index (χ4n) is 2.49. The number of carbonyl (C=O) groups is 2. The van der Waals surface area contributed by atoms with E-state index in [0.29, 0.717) is 32.7 Å². The number of nitrogens with one attached hydrogen (secondary N) is 1. The van der Waals surface area contributed by atoms with Crippen LogP contribution >= 0.6 is 0 Å². The van der Waals surface area contributed by atoms with Gasteiger partial charge in [-0.05, 0) is 60.9 Å². The van der Waals surface area contributed by atoms with Gasteiger partial charge in [0.2, 0.25) is 0 Å². The molecule has 0 aromatic carbocycles. The first-order chi connectivity index (χ1) is 12.3. The Balaban J connectivity index is 4.97. The van der Waals surface area contributed by atoms with Gasteiger partial charge in [0.05, 0.1) is 0 Å². The standard InChI is InChI=1S/C20H41N3O4/c1-10-12-22(17(24)26-19(3,4)5)14-16(2)15-23(13-11-21-9)18(25)27-20(6,7)8/h16,21H,10-15H2,1-9H3. The van der Waals surface area contributed by atoms with Crippen molar-refractivity contribution in [3.8, 4) is 0 Å². The van der Waals surface area contributed by atoms with Crippen molar-refractivity contribution in [2.24, 2.45) is 5.92 Å². The molecule has 1 atom stereocenters. The zero-order valence-corrected chi connectivity index (χ0v) is 18.8. The van der Waals surface area contributed by atoms with Gasteiger partial charge in [-0.25, -0.2) is 9.59 Å². The zero-order valence-electron chi connectivity index (χ0n) is 18.8. The second kappa shape index (κ2) is 11.4. The van der Waals surface area contributed by atoms with Crippen molar-refractivity contribution >= 4 is 12.2 Å². The largest absolute Gasteiger partial charge is 0.444 e. The van der Waals surface area contributed by atoms with Crippen LogP contribution < -0.4 is 5.32 Å². The van der Waals surface area contributed by atoms with Crippen LogP contribution in [0, 0.1) is 5.92 Å². The van der Waals surface area contributed by atoms with Gasteiger partial charge in [-0.1, -0.05) is 13.8 Å². The summed E-state index contributed by atoms with van der Waals surface area (Å²) < 4.78 is 11.0. The molecule has 0 fully saturated rings. The smallest absolute Gasteiger partial charge is 0.410 e. The Morgan fingerprint density at radius 3 is 1.63 bits per heavy atom. The van der Waals surface area contributed by atoms with E-state index >= 15 is 0 Å². The highest BCUT2D eigenvalue weighted by Gasteiger charge is 2.26. The van der Waals surface area contributed by atoms with Crippen LogP contribution in [-0.4, -0.2) is 73.0 Å². The maximum Gasteiger partial charge on any atom is 0.410 e. The van der Waals surface area contributed by atoms with E-state index < -0.39 is 11.2 Å². The molecule has 27 heavy (non-hydrogen) atoms. The summed E-state index contributed by atoms with van der Waals surface area (Å²) in [6.07, 6.45) is 0.209. The molecule has 0 radical (unpaired) electrons. The van der Waals surface area contributed by atoms with E-state index in [1.165, 1.54) is 0 Å². The number of amides is 2. The first kappa shape index (κ1) is 25.5. The highest BCUT2D eigenvalue weighted by molar-refractivity contribution is 5.69. The van der Waals surface area contributed by atoms with E-state index in [-0.39, 0.29) is 18.1 Å². The minimum absolute atomic E-state index is 0.0912. The average molecular weight is 388 g/mol. The number of likely N-dealkylation sites (N-methyl/N-ethyl adjacent to an activating group) is 1. The quantitative estimate of drug-likeness (QED) is 0.653. The van der Waals surface area contributed by atoms with Crippen LogP contribution in [0.15, 0.2) is 0 Å². The first-order valence-corrected chi connectivity index (χ1v) is 9.89. The fourth-order valence-corrected chi connectivity index (χ4v) is 2.49. The van der Waals surface area contributed by atoms with Gasteiger partial charge in [0.1, 0.15) is 11.2 Å². The summed E-state index contributed by atoms with van der Waals surface area (Å²) in [5, 5.41) is 3.06. The molecule has 0 spiro atoms. The zero-order chi connectivity index (χ0) is 21.3. The highest BCUT2D eigenvalue weighted by atomic mass is 16.6. The molecule has 0 rings (SSSR count). The molecule has 0 saturated carbocycles. The first-order valence-electron chi connectivity index (χ1n) is 9.89. The van der Waals surface area contributed by atoms with Crippen LogP contribution in [0.2, 0.25) is 0 Å². The lowest BCUT2D eigenvalue weighted by atomic mass is 10.1. The van der Waals surface area contributed by atoms with Crippen LogP contribution in [0.1, 0.15) is 61.8 Å². The van der Waals surface area contributed by atoms with Gasteiger partial charge >= 0.3 is 12.2 Å². The van der Waals surface area contributed by atoms with Crippen LogP contribution in [0.25, 0.3) is 0 Å². The maximum atomic E-state index is 12.5. The molecule has 0 saturated heterocycles. The Bertz CT molecular complexity index is 455. The van der Waals surface area contributed by atoms with Crippen molar-refractivity contribution in [1.82, 2.24) is 15.1 Å². The molecular formula is C20H41N3O4. The molecule has 7 heteroatoms. The normalized spacial score (nSPS) is 13.1. The second-order valence-corrected chi connectivity index (χ2v) is 9.06. The minimum Gasteiger partial charge on any atom is -0.444 e. The summed E-state index contributed by atoms with van der Waals surface area (Å²) in [5.74, 6) is 0.0912. The highest BCUT2D eigenvalue weighted by Crippen LogP contribution is 2.14. The van der Waals surface area contributed by atoms with E-state index in [1.54, 1.807) is 9.80 Å². The molecule has 0 aromatic rings. The Labute approximate surface area is 165 Å². The molecule has 160 valence electrons. The van der Waals surface area contributed by atoms with Crippen molar-refractivity contribution < 1.29 is 19.1 Å². The average Bonchev–Trinajstić information content (AvgIpc) is 2.47. The number of carbonyl (C=O) groups excluding carboxylic acids is 2. The fraction of sp³-hybridized carbons (Fsp3) is 0.900. The van der Waals surface area contributed by atoms with Gasteiger partial charge in [0.15, 0.2) is 0 Å². The number of ether oxygens (including phenoxy) is 2. The van der Waals surface area contributed by atoms with Gasteiger partial charge in [-0.15, -0.1) is 0 Å². The summed E-state index contributed by atoms with van der Waals surface area (Å²) in [5.41, 5.74) is -1.06. The predicted molar refractivity (Wildman–Crippen MR) is 109 cm³/mol. The molecule has 2 amide bonds. The summed E-state index contributed by atoms with van der Waals surface area (Å²) in [6, 6.07) is 0. The topological polar surface area (TPSA) is 71.1 Å².